The van der Waals surface area contributed by atoms with Crippen molar-refractivity contribution in [2.45, 2.75) is 31.5 Å². The number of carbonyl (C=O) groups is 4. The molecule has 1 aromatic rings. The molecule has 0 spiro atoms. The third-order valence-electron chi connectivity index (χ3n) is 3.71. The summed E-state index contributed by atoms with van der Waals surface area (Å²) in [5.74, 6) is -3.06. The molecule has 11 heteroatoms. The lowest BCUT2D eigenvalue weighted by Crippen LogP contribution is -2.56. The second kappa shape index (κ2) is 11.1. The van der Waals surface area contributed by atoms with Crippen molar-refractivity contribution >= 4 is 36.3 Å². The highest BCUT2D eigenvalue weighted by atomic mass is 32.1. The van der Waals surface area contributed by atoms with E-state index >= 15 is 0 Å². The Bertz CT molecular complexity index is 712. The number of thiol groups is 1. The SMILES string of the molecule is CC(NC(=O)C(CS)NC(=O)C(N)Cc1ccc(O)cc1)C(=O)NCC(=O)O. The molecular formula is C17H24N4O6S. The highest BCUT2D eigenvalue weighted by Gasteiger charge is 2.25. The number of carboxylic acids is 1. The highest BCUT2D eigenvalue weighted by molar-refractivity contribution is 7.80. The van der Waals surface area contributed by atoms with Crippen LogP contribution in [-0.4, -0.2) is 64.3 Å². The number of phenols is 1. The number of hydrogen-bond donors (Lipinski definition) is 7. The molecule has 1 aromatic carbocycles. The first-order chi connectivity index (χ1) is 13.1. The monoisotopic (exact) mass is 412 g/mol. The van der Waals surface area contributed by atoms with Gasteiger partial charge in [-0.15, -0.1) is 0 Å². The number of benzene rings is 1. The zero-order valence-corrected chi connectivity index (χ0v) is 16.1. The number of nitrogens with one attached hydrogen (secondary N) is 3. The number of aromatic hydroxyl groups is 1. The van der Waals surface area contributed by atoms with Gasteiger partial charge in [0.05, 0.1) is 6.04 Å². The zero-order valence-electron chi connectivity index (χ0n) is 15.2. The lowest BCUT2D eigenvalue weighted by molar-refractivity contribution is -0.138. The fraction of sp³-hybridized carbons (Fsp3) is 0.412. The van der Waals surface area contributed by atoms with Gasteiger partial charge in [0.2, 0.25) is 17.7 Å². The van der Waals surface area contributed by atoms with Crippen LogP contribution in [0.25, 0.3) is 0 Å². The highest BCUT2D eigenvalue weighted by Crippen LogP contribution is 2.11. The quantitative estimate of drug-likeness (QED) is 0.226. The Morgan fingerprint density at radius 3 is 2.21 bits per heavy atom. The molecule has 154 valence electrons. The van der Waals surface area contributed by atoms with Crippen molar-refractivity contribution < 1.29 is 29.4 Å². The molecule has 3 amide bonds. The minimum Gasteiger partial charge on any atom is -0.508 e. The first-order valence-corrected chi connectivity index (χ1v) is 9.01. The molecule has 3 atom stereocenters. The van der Waals surface area contributed by atoms with Crippen LogP contribution in [0.3, 0.4) is 0 Å². The van der Waals surface area contributed by atoms with Gasteiger partial charge in [-0.05, 0) is 31.0 Å². The summed E-state index contributed by atoms with van der Waals surface area (Å²) in [7, 11) is 0. The summed E-state index contributed by atoms with van der Waals surface area (Å²) in [6.45, 7) is 0.806. The maximum atomic E-state index is 12.2. The molecule has 0 saturated carbocycles. The summed E-state index contributed by atoms with van der Waals surface area (Å²) in [6, 6.07) is 3.23. The van der Waals surface area contributed by atoms with Crippen molar-refractivity contribution in [3.8, 4) is 5.75 Å². The Labute approximate surface area is 167 Å². The van der Waals surface area contributed by atoms with E-state index in [9.17, 15) is 24.3 Å². The zero-order chi connectivity index (χ0) is 21.3. The number of carboxylic acid groups (broad SMARTS) is 1. The predicted octanol–water partition coefficient (Wildman–Crippen LogP) is -1.62. The molecule has 0 aromatic heterocycles. The Hall–Kier alpha value is -2.79. The largest absolute Gasteiger partial charge is 0.508 e. The molecular weight excluding hydrogens is 388 g/mol. The first kappa shape index (κ1) is 23.2. The van der Waals surface area contributed by atoms with Gasteiger partial charge in [0, 0.05) is 5.75 Å². The van der Waals surface area contributed by atoms with Gasteiger partial charge in [0.25, 0.3) is 0 Å². The topological polar surface area (TPSA) is 171 Å². The number of nitrogens with two attached hydrogens (primary N) is 1. The van der Waals surface area contributed by atoms with E-state index in [1.165, 1.54) is 19.1 Å². The summed E-state index contributed by atoms with van der Waals surface area (Å²) < 4.78 is 0. The molecule has 1 rings (SSSR count). The van der Waals surface area contributed by atoms with Crippen LogP contribution in [0.15, 0.2) is 24.3 Å². The molecule has 3 unspecified atom stereocenters. The number of hydrogen-bond acceptors (Lipinski definition) is 7. The molecule has 10 nitrogen and oxygen atoms in total. The van der Waals surface area contributed by atoms with Crippen LogP contribution < -0.4 is 21.7 Å². The van der Waals surface area contributed by atoms with Gasteiger partial charge in [-0.3, -0.25) is 19.2 Å². The van der Waals surface area contributed by atoms with Crippen LogP contribution in [0.1, 0.15) is 12.5 Å². The summed E-state index contributed by atoms with van der Waals surface area (Å²) in [5, 5.41) is 24.8. The minimum absolute atomic E-state index is 0.0348. The molecule has 0 aliphatic rings. The number of phenolic OH excluding ortho intramolecular Hbond substituents is 1. The molecule has 0 bridgehead atoms. The normalized spacial score (nSPS) is 13.7. The third kappa shape index (κ3) is 7.84. The van der Waals surface area contributed by atoms with Crippen LogP contribution in [0, 0.1) is 0 Å². The summed E-state index contributed by atoms with van der Waals surface area (Å²) in [5.41, 5.74) is 6.59. The maximum Gasteiger partial charge on any atom is 0.322 e. The smallest absolute Gasteiger partial charge is 0.322 e. The molecule has 0 aliphatic carbocycles. The van der Waals surface area contributed by atoms with Crippen molar-refractivity contribution in [3.05, 3.63) is 29.8 Å². The molecule has 0 aliphatic heterocycles. The number of aliphatic carboxylic acids is 1. The fourth-order valence-electron chi connectivity index (χ4n) is 2.15. The number of carbonyl (C=O) groups excluding carboxylic acids is 3. The Kier molecular flexibility index (Phi) is 9.25. The van der Waals surface area contributed by atoms with E-state index in [4.69, 9.17) is 10.8 Å². The molecule has 0 heterocycles. The first-order valence-electron chi connectivity index (χ1n) is 8.38. The van der Waals surface area contributed by atoms with Crippen LogP contribution >= 0.6 is 12.6 Å². The van der Waals surface area contributed by atoms with E-state index in [1.807, 2.05) is 0 Å². The van der Waals surface area contributed by atoms with Gasteiger partial charge in [0.15, 0.2) is 0 Å². The summed E-state index contributed by atoms with van der Waals surface area (Å²) >= 11 is 4.03. The fourth-order valence-corrected chi connectivity index (χ4v) is 2.40. The van der Waals surface area contributed by atoms with Gasteiger partial charge >= 0.3 is 5.97 Å². The van der Waals surface area contributed by atoms with Gasteiger partial charge in [-0.25, -0.2) is 0 Å². The predicted molar refractivity (Wildman–Crippen MR) is 104 cm³/mol. The maximum absolute atomic E-state index is 12.2. The standard InChI is InChI=1S/C17H24N4O6S/c1-9(15(25)19-7-14(23)24)20-17(27)13(8-28)21-16(26)12(18)6-10-2-4-11(22)5-3-10/h2-5,9,12-13,22,28H,6-8,18H2,1H3,(H,19,25)(H,20,27)(H,21,26)(H,23,24). The van der Waals surface area contributed by atoms with Crippen LogP contribution in [0.5, 0.6) is 5.75 Å². The van der Waals surface area contributed by atoms with E-state index in [1.54, 1.807) is 12.1 Å². The average Bonchev–Trinajstić information content (AvgIpc) is 2.65. The summed E-state index contributed by atoms with van der Waals surface area (Å²) in [6.07, 6.45) is 0.195. The minimum atomic E-state index is -1.21. The molecule has 0 saturated heterocycles. The van der Waals surface area contributed by atoms with E-state index in [2.05, 4.69) is 28.6 Å². The third-order valence-corrected chi connectivity index (χ3v) is 4.08. The van der Waals surface area contributed by atoms with Gasteiger partial charge in [-0.2, -0.15) is 12.6 Å². The van der Waals surface area contributed by atoms with Gasteiger partial charge in [0.1, 0.15) is 24.4 Å². The summed E-state index contributed by atoms with van der Waals surface area (Å²) in [4.78, 5) is 46.7. The van der Waals surface area contributed by atoms with Crippen LogP contribution in [-0.2, 0) is 25.6 Å². The van der Waals surface area contributed by atoms with Crippen molar-refractivity contribution in [2.24, 2.45) is 5.73 Å². The molecule has 0 fully saturated rings. The number of rotatable bonds is 10. The second-order valence-corrected chi connectivity index (χ2v) is 6.43. The second-order valence-electron chi connectivity index (χ2n) is 6.06. The lowest BCUT2D eigenvalue weighted by atomic mass is 10.1. The van der Waals surface area contributed by atoms with Crippen molar-refractivity contribution in [1.29, 1.82) is 0 Å². The molecule has 0 radical (unpaired) electrons. The lowest BCUT2D eigenvalue weighted by Gasteiger charge is -2.21. The van der Waals surface area contributed by atoms with E-state index < -0.39 is 48.4 Å². The van der Waals surface area contributed by atoms with Crippen molar-refractivity contribution in [2.75, 3.05) is 12.3 Å². The van der Waals surface area contributed by atoms with E-state index in [0.29, 0.717) is 0 Å². The van der Waals surface area contributed by atoms with Crippen molar-refractivity contribution in [1.82, 2.24) is 16.0 Å². The Morgan fingerprint density at radius 2 is 1.68 bits per heavy atom. The van der Waals surface area contributed by atoms with Crippen LogP contribution in [0.2, 0.25) is 0 Å². The van der Waals surface area contributed by atoms with E-state index in [-0.39, 0.29) is 17.9 Å². The molecule has 28 heavy (non-hydrogen) atoms. The van der Waals surface area contributed by atoms with E-state index in [0.717, 1.165) is 5.56 Å². The Morgan fingerprint density at radius 1 is 1.07 bits per heavy atom. The molecule has 7 N–H and O–H groups in total. The van der Waals surface area contributed by atoms with Gasteiger partial charge < -0.3 is 31.9 Å². The Balaban J connectivity index is 2.57. The average molecular weight is 412 g/mol. The van der Waals surface area contributed by atoms with Gasteiger partial charge in [-0.1, -0.05) is 12.1 Å². The number of amides is 3. The van der Waals surface area contributed by atoms with Crippen LogP contribution in [0.4, 0.5) is 0 Å². The van der Waals surface area contributed by atoms with Crippen molar-refractivity contribution in [3.63, 3.8) is 0 Å².